The maximum Gasteiger partial charge on any atom is 0.126 e. The highest BCUT2D eigenvalue weighted by Crippen LogP contribution is 2.40. The topological polar surface area (TPSA) is 30.5 Å². The van der Waals surface area contributed by atoms with Crippen molar-refractivity contribution in [2.75, 3.05) is 20.8 Å². The van der Waals surface area contributed by atoms with Crippen molar-refractivity contribution in [1.82, 2.24) is 5.32 Å². The molecule has 0 fully saturated rings. The van der Waals surface area contributed by atoms with Crippen LogP contribution in [0.5, 0.6) is 11.5 Å². The maximum absolute atomic E-state index is 5.55. The standard InChI is InChI=1S/C17H19NO2/c1-19-15-8-5-9-16(20-2)17(15)14-11-18-10-12-6-3-4-7-13(12)14/h3-9,14,18H,10-11H2,1-2H3. The van der Waals surface area contributed by atoms with E-state index in [4.69, 9.17) is 9.47 Å². The van der Waals surface area contributed by atoms with E-state index < -0.39 is 0 Å². The Morgan fingerprint density at radius 3 is 2.35 bits per heavy atom. The first-order valence-corrected chi connectivity index (χ1v) is 6.84. The fraction of sp³-hybridized carbons (Fsp3) is 0.294. The van der Waals surface area contributed by atoms with Crippen molar-refractivity contribution in [1.29, 1.82) is 0 Å². The Labute approximate surface area is 119 Å². The van der Waals surface area contributed by atoms with Gasteiger partial charge in [-0.15, -0.1) is 0 Å². The van der Waals surface area contributed by atoms with E-state index in [0.717, 1.165) is 30.2 Å². The van der Waals surface area contributed by atoms with E-state index in [0.29, 0.717) is 0 Å². The SMILES string of the molecule is COc1cccc(OC)c1C1CNCc2ccccc21. The van der Waals surface area contributed by atoms with Crippen LogP contribution < -0.4 is 14.8 Å². The Hall–Kier alpha value is -2.00. The molecule has 0 bridgehead atoms. The van der Waals surface area contributed by atoms with Gasteiger partial charge in [-0.2, -0.15) is 0 Å². The molecule has 1 N–H and O–H groups in total. The number of methoxy groups -OCH3 is 2. The summed E-state index contributed by atoms with van der Waals surface area (Å²) in [6, 6.07) is 14.5. The fourth-order valence-electron chi connectivity index (χ4n) is 2.98. The molecule has 3 rings (SSSR count). The molecule has 2 aromatic rings. The van der Waals surface area contributed by atoms with Crippen LogP contribution in [0, 0.1) is 0 Å². The van der Waals surface area contributed by atoms with Gasteiger partial charge in [-0.05, 0) is 23.3 Å². The Morgan fingerprint density at radius 2 is 1.65 bits per heavy atom. The van der Waals surface area contributed by atoms with E-state index in [2.05, 4.69) is 29.6 Å². The quantitative estimate of drug-likeness (QED) is 0.929. The van der Waals surface area contributed by atoms with Crippen LogP contribution in [0.3, 0.4) is 0 Å². The third-order valence-electron chi connectivity index (χ3n) is 3.91. The van der Waals surface area contributed by atoms with Gasteiger partial charge in [-0.25, -0.2) is 0 Å². The molecular formula is C17H19NO2. The van der Waals surface area contributed by atoms with Crippen LogP contribution in [-0.2, 0) is 6.54 Å². The molecule has 0 aromatic heterocycles. The molecule has 3 nitrogen and oxygen atoms in total. The van der Waals surface area contributed by atoms with Gasteiger partial charge in [-0.1, -0.05) is 30.3 Å². The summed E-state index contributed by atoms with van der Waals surface area (Å²) in [4.78, 5) is 0. The van der Waals surface area contributed by atoms with Gasteiger partial charge in [0.05, 0.1) is 14.2 Å². The highest BCUT2D eigenvalue weighted by molar-refractivity contribution is 5.53. The zero-order chi connectivity index (χ0) is 13.9. The van der Waals surface area contributed by atoms with Crippen LogP contribution in [0.15, 0.2) is 42.5 Å². The van der Waals surface area contributed by atoms with Crippen molar-refractivity contribution in [3.05, 3.63) is 59.2 Å². The molecule has 2 aromatic carbocycles. The molecule has 0 saturated heterocycles. The lowest BCUT2D eigenvalue weighted by molar-refractivity contribution is 0.379. The van der Waals surface area contributed by atoms with E-state index in [1.165, 1.54) is 11.1 Å². The number of benzene rings is 2. The number of nitrogens with one attached hydrogen (secondary N) is 1. The van der Waals surface area contributed by atoms with E-state index >= 15 is 0 Å². The van der Waals surface area contributed by atoms with Crippen LogP contribution in [0.2, 0.25) is 0 Å². The van der Waals surface area contributed by atoms with Crippen LogP contribution in [0.1, 0.15) is 22.6 Å². The molecule has 1 aliphatic heterocycles. The third kappa shape index (κ3) is 2.14. The second-order valence-electron chi connectivity index (χ2n) is 4.96. The summed E-state index contributed by atoms with van der Waals surface area (Å²) in [6.07, 6.45) is 0. The minimum atomic E-state index is 0.256. The Kier molecular flexibility index (Phi) is 3.61. The molecule has 1 aliphatic rings. The average Bonchev–Trinajstić information content (AvgIpc) is 2.53. The number of rotatable bonds is 3. The maximum atomic E-state index is 5.55. The summed E-state index contributed by atoms with van der Waals surface area (Å²) in [5.74, 6) is 2.02. The number of hydrogen-bond donors (Lipinski definition) is 1. The summed E-state index contributed by atoms with van der Waals surface area (Å²) in [7, 11) is 3.42. The first-order chi connectivity index (χ1) is 9.85. The molecule has 0 aliphatic carbocycles. The van der Waals surface area contributed by atoms with Crippen LogP contribution in [-0.4, -0.2) is 20.8 Å². The van der Waals surface area contributed by atoms with Gasteiger partial charge in [0.1, 0.15) is 11.5 Å². The zero-order valence-electron chi connectivity index (χ0n) is 11.8. The Balaban J connectivity index is 2.15. The predicted octanol–water partition coefficient (Wildman–Crippen LogP) is 2.94. The fourth-order valence-corrected chi connectivity index (χ4v) is 2.98. The van der Waals surface area contributed by atoms with Crippen LogP contribution in [0.4, 0.5) is 0 Å². The van der Waals surface area contributed by atoms with Gasteiger partial charge < -0.3 is 14.8 Å². The molecule has 3 heteroatoms. The van der Waals surface area contributed by atoms with Crippen molar-refractivity contribution in [3.63, 3.8) is 0 Å². The molecule has 104 valence electrons. The highest BCUT2D eigenvalue weighted by Gasteiger charge is 2.26. The van der Waals surface area contributed by atoms with Crippen molar-refractivity contribution < 1.29 is 9.47 Å². The second-order valence-corrected chi connectivity index (χ2v) is 4.96. The van der Waals surface area contributed by atoms with Crippen molar-refractivity contribution >= 4 is 0 Å². The van der Waals surface area contributed by atoms with Gasteiger partial charge in [0, 0.05) is 24.6 Å². The minimum Gasteiger partial charge on any atom is -0.496 e. The first kappa shape index (κ1) is 13.0. The summed E-state index contributed by atoms with van der Waals surface area (Å²) >= 11 is 0. The molecule has 1 atom stereocenters. The lowest BCUT2D eigenvalue weighted by Crippen LogP contribution is -2.29. The molecule has 1 unspecified atom stereocenters. The Morgan fingerprint density at radius 1 is 0.950 bits per heavy atom. The van der Waals surface area contributed by atoms with Crippen molar-refractivity contribution in [2.45, 2.75) is 12.5 Å². The molecule has 0 saturated carbocycles. The number of hydrogen-bond acceptors (Lipinski definition) is 3. The summed E-state index contributed by atoms with van der Waals surface area (Å²) in [6.45, 7) is 1.82. The molecule has 1 heterocycles. The predicted molar refractivity (Wildman–Crippen MR) is 79.5 cm³/mol. The lowest BCUT2D eigenvalue weighted by Gasteiger charge is -2.29. The molecular weight excluding hydrogens is 250 g/mol. The summed E-state index contributed by atoms with van der Waals surface area (Å²) < 4.78 is 11.1. The summed E-state index contributed by atoms with van der Waals surface area (Å²) in [5.41, 5.74) is 3.82. The van der Waals surface area contributed by atoms with Crippen molar-refractivity contribution in [2.24, 2.45) is 0 Å². The van der Waals surface area contributed by atoms with Gasteiger partial charge in [-0.3, -0.25) is 0 Å². The van der Waals surface area contributed by atoms with Gasteiger partial charge in [0.25, 0.3) is 0 Å². The average molecular weight is 269 g/mol. The molecule has 0 radical (unpaired) electrons. The van der Waals surface area contributed by atoms with Crippen LogP contribution in [0.25, 0.3) is 0 Å². The lowest BCUT2D eigenvalue weighted by atomic mass is 9.84. The van der Waals surface area contributed by atoms with E-state index in [1.54, 1.807) is 14.2 Å². The van der Waals surface area contributed by atoms with E-state index in [9.17, 15) is 0 Å². The monoisotopic (exact) mass is 269 g/mol. The van der Waals surface area contributed by atoms with Crippen LogP contribution >= 0.6 is 0 Å². The van der Waals surface area contributed by atoms with Crippen molar-refractivity contribution in [3.8, 4) is 11.5 Å². The van der Waals surface area contributed by atoms with E-state index in [1.807, 2.05) is 18.2 Å². The normalized spacial score (nSPS) is 17.4. The summed E-state index contributed by atoms with van der Waals surface area (Å²) in [5, 5.41) is 3.48. The largest absolute Gasteiger partial charge is 0.496 e. The second kappa shape index (κ2) is 5.55. The number of fused-ring (bicyclic) bond motifs is 1. The van der Waals surface area contributed by atoms with Gasteiger partial charge in [0.2, 0.25) is 0 Å². The third-order valence-corrected chi connectivity index (χ3v) is 3.91. The highest BCUT2D eigenvalue weighted by atomic mass is 16.5. The Bertz CT molecular complexity index is 587. The van der Waals surface area contributed by atoms with Gasteiger partial charge >= 0.3 is 0 Å². The molecule has 0 spiro atoms. The van der Waals surface area contributed by atoms with Gasteiger partial charge in [0.15, 0.2) is 0 Å². The first-order valence-electron chi connectivity index (χ1n) is 6.84. The number of ether oxygens (including phenoxy) is 2. The minimum absolute atomic E-state index is 0.256. The van der Waals surface area contributed by atoms with E-state index in [-0.39, 0.29) is 5.92 Å². The zero-order valence-corrected chi connectivity index (χ0v) is 11.8. The smallest absolute Gasteiger partial charge is 0.126 e. The molecule has 0 amide bonds. The molecule has 20 heavy (non-hydrogen) atoms.